The van der Waals surface area contributed by atoms with Crippen LogP contribution < -0.4 is 0 Å². The van der Waals surface area contributed by atoms with Crippen molar-refractivity contribution in [3.63, 3.8) is 0 Å². The average Bonchev–Trinajstić information content (AvgIpc) is 3.42. The Balaban J connectivity index is 1.34. The van der Waals surface area contributed by atoms with E-state index in [0.29, 0.717) is 5.56 Å². The lowest BCUT2D eigenvalue weighted by Crippen LogP contribution is -2.05. The molecule has 12 rings (SSSR count). The lowest BCUT2D eigenvalue weighted by molar-refractivity contribution is -0.137. The molecule has 0 unspecified atom stereocenters. The Morgan fingerprint density at radius 2 is 0.549 bits per heavy atom. The minimum Gasteiger partial charge on any atom is -0.166 e. The Bertz CT molecular complexity index is 3910. The van der Waals surface area contributed by atoms with Gasteiger partial charge in [-0.2, -0.15) is 13.2 Å². The van der Waals surface area contributed by atoms with Crippen molar-refractivity contribution in [2.75, 3.05) is 0 Å². The molecule has 0 aliphatic rings. The van der Waals surface area contributed by atoms with E-state index in [1.54, 1.807) is 6.07 Å². The zero-order valence-corrected chi connectivity index (χ0v) is 38.9. The van der Waals surface area contributed by atoms with Crippen LogP contribution in [0.5, 0.6) is 0 Å². The molecule has 0 nitrogen and oxygen atoms in total. The molecule has 71 heavy (non-hydrogen) atoms. The SMILES string of the molecule is Cc1cccc(-c2c3cc(-c4ccccc4)ccc3c(-c3ccc(-c4ccccc4)cc3)c3c(-c4cccc(C(F)(F)F)c4)c4cc(-c5ccccc5)ccc4c(-c4ccc(-c5ccccc5)cc4)c23)c1. The predicted octanol–water partition coefficient (Wildman–Crippen LogP) is 19.8. The first-order chi connectivity index (χ1) is 34.8. The van der Waals surface area contributed by atoms with E-state index in [4.69, 9.17) is 0 Å². The maximum atomic E-state index is 15.1. The van der Waals surface area contributed by atoms with Gasteiger partial charge in [-0.15, -0.1) is 0 Å². The van der Waals surface area contributed by atoms with Crippen LogP contribution in [-0.2, 0) is 6.18 Å². The summed E-state index contributed by atoms with van der Waals surface area (Å²) in [5.74, 6) is 0. The van der Waals surface area contributed by atoms with Crippen molar-refractivity contribution >= 4 is 32.3 Å². The van der Waals surface area contributed by atoms with E-state index in [1.807, 2.05) is 54.6 Å². The topological polar surface area (TPSA) is 0 Å². The van der Waals surface area contributed by atoms with E-state index in [1.165, 1.54) is 12.1 Å². The second-order valence-electron chi connectivity index (χ2n) is 18.3. The molecule has 0 spiro atoms. The molecule has 0 saturated carbocycles. The van der Waals surface area contributed by atoms with E-state index in [-0.39, 0.29) is 0 Å². The van der Waals surface area contributed by atoms with Crippen LogP contribution in [0.4, 0.5) is 13.2 Å². The zero-order chi connectivity index (χ0) is 48.1. The number of alkyl halides is 3. The molecule has 0 aliphatic carbocycles. The Labute approximate surface area is 411 Å². The quantitative estimate of drug-likeness (QED) is 0.133. The van der Waals surface area contributed by atoms with Crippen molar-refractivity contribution in [3.05, 3.63) is 266 Å². The molecule has 0 heterocycles. The minimum atomic E-state index is -4.57. The fourth-order valence-corrected chi connectivity index (χ4v) is 10.6. The summed E-state index contributed by atoms with van der Waals surface area (Å²) in [7, 11) is 0. The first-order valence-electron chi connectivity index (χ1n) is 24.0. The maximum absolute atomic E-state index is 15.1. The predicted molar refractivity (Wildman–Crippen MR) is 292 cm³/mol. The number of halogens is 3. The summed E-state index contributed by atoms with van der Waals surface area (Å²) in [5, 5.41) is 5.69. The van der Waals surface area contributed by atoms with Gasteiger partial charge in [-0.25, -0.2) is 0 Å². The van der Waals surface area contributed by atoms with Crippen LogP contribution in [-0.4, -0.2) is 0 Å². The highest BCUT2D eigenvalue weighted by Crippen LogP contribution is 2.55. The van der Waals surface area contributed by atoms with Crippen molar-refractivity contribution in [3.8, 4) is 89.0 Å². The van der Waals surface area contributed by atoms with Gasteiger partial charge in [0.25, 0.3) is 0 Å². The van der Waals surface area contributed by atoms with Gasteiger partial charge < -0.3 is 0 Å². The Morgan fingerprint density at radius 1 is 0.239 bits per heavy atom. The third-order valence-corrected chi connectivity index (χ3v) is 13.9. The molecular weight excluding hydrogens is 874 g/mol. The highest BCUT2D eigenvalue weighted by atomic mass is 19.4. The van der Waals surface area contributed by atoms with Crippen molar-refractivity contribution in [1.29, 1.82) is 0 Å². The zero-order valence-electron chi connectivity index (χ0n) is 38.9. The van der Waals surface area contributed by atoms with E-state index < -0.39 is 11.7 Å². The summed E-state index contributed by atoms with van der Waals surface area (Å²) >= 11 is 0. The molecule has 0 atom stereocenters. The van der Waals surface area contributed by atoms with Crippen LogP contribution in [0.2, 0.25) is 0 Å². The molecule has 0 saturated heterocycles. The second kappa shape index (κ2) is 17.9. The van der Waals surface area contributed by atoms with E-state index in [9.17, 15) is 0 Å². The lowest BCUT2D eigenvalue weighted by atomic mass is 9.76. The molecule has 0 aliphatic heterocycles. The van der Waals surface area contributed by atoms with Gasteiger partial charge in [-0.3, -0.25) is 0 Å². The summed E-state index contributed by atoms with van der Waals surface area (Å²) < 4.78 is 45.2. The van der Waals surface area contributed by atoms with Crippen LogP contribution >= 0.6 is 0 Å². The fourth-order valence-electron chi connectivity index (χ4n) is 10.6. The van der Waals surface area contributed by atoms with Gasteiger partial charge in [-0.1, -0.05) is 236 Å². The van der Waals surface area contributed by atoms with Crippen molar-refractivity contribution in [2.24, 2.45) is 0 Å². The standard InChI is InChI=1S/C68H45F3/c1-44-16-14-25-55(40-44)64-60-42-53(47-21-10-4-11-22-47)36-38-58(60)63(52-34-30-50(31-35-52)46-19-8-3-9-20-46)67-65(56-26-15-27-57(41-56)68(69,70)71)61-43-54(48-23-12-5-13-24-48)37-39-59(61)62(66(64)67)51-32-28-49(29-33-51)45-17-6-2-7-18-45/h2-43H,1H3. The highest BCUT2D eigenvalue weighted by molar-refractivity contribution is 6.34. The smallest absolute Gasteiger partial charge is 0.166 e. The molecule has 3 heteroatoms. The van der Waals surface area contributed by atoms with E-state index in [2.05, 4.69) is 189 Å². The van der Waals surface area contributed by atoms with Gasteiger partial charge in [-0.05, 0) is 153 Å². The largest absolute Gasteiger partial charge is 0.416 e. The number of benzene rings is 12. The van der Waals surface area contributed by atoms with Gasteiger partial charge in [0.15, 0.2) is 0 Å². The summed E-state index contributed by atoms with van der Waals surface area (Å²) in [6.45, 7) is 2.11. The summed E-state index contributed by atoms with van der Waals surface area (Å²) in [4.78, 5) is 0. The second-order valence-corrected chi connectivity index (χ2v) is 18.3. The van der Waals surface area contributed by atoms with Crippen LogP contribution in [0, 0.1) is 6.92 Å². The molecule has 0 fully saturated rings. The first kappa shape index (κ1) is 43.5. The average molecular weight is 919 g/mol. The number of hydrogen-bond acceptors (Lipinski definition) is 0. The fraction of sp³-hybridized carbons (Fsp3) is 0.0294. The minimum absolute atomic E-state index is 0.489. The van der Waals surface area contributed by atoms with Gasteiger partial charge in [0.05, 0.1) is 5.56 Å². The van der Waals surface area contributed by atoms with Crippen molar-refractivity contribution < 1.29 is 13.2 Å². The van der Waals surface area contributed by atoms with Gasteiger partial charge >= 0.3 is 6.18 Å². The maximum Gasteiger partial charge on any atom is 0.416 e. The molecule has 0 radical (unpaired) electrons. The molecule has 0 N–H and O–H groups in total. The summed E-state index contributed by atoms with van der Waals surface area (Å²) in [6.07, 6.45) is -4.57. The van der Waals surface area contributed by atoms with E-state index in [0.717, 1.165) is 121 Å². The number of aryl methyl sites for hydroxylation is 1. The number of rotatable bonds is 8. The first-order valence-corrected chi connectivity index (χ1v) is 24.0. The number of hydrogen-bond donors (Lipinski definition) is 0. The normalized spacial score (nSPS) is 11.7. The van der Waals surface area contributed by atoms with Crippen LogP contribution in [0.15, 0.2) is 255 Å². The van der Waals surface area contributed by atoms with Gasteiger partial charge in [0.2, 0.25) is 0 Å². The molecule has 0 bridgehead atoms. The third kappa shape index (κ3) is 8.06. The molecule has 12 aromatic carbocycles. The van der Waals surface area contributed by atoms with E-state index >= 15 is 13.2 Å². The monoisotopic (exact) mass is 918 g/mol. The Morgan fingerprint density at radius 3 is 0.944 bits per heavy atom. The molecule has 0 amide bonds. The molecular formula is C68H45F3. The van der Waals surface area contributed by atoms with Crippen LogP contribution in [0.1, 0.15) is 11.1 Å². The number of fused-ring (bicyclic) bond motifs is 3. The highest BCUT2D eigenvalue weighted by Gasteiger charge is 2.32. The molecule has 12 aromatic rings. The van der Waals surface area contributed by atoms with Gasteiger partial charge in [0, 0.05) is 0 Å². The van der Waals surface area contributed by atoms with Crippen molar-refractivity contribution in [2.45, 2.75) is 13.1 Å². The van der Waals surface area contributed by atoms with Crippen molar-refractivity contribution in [1.82, 2.24) is 0 Å². The van der Waals surface area contributed by atoms with Crippen LogP contribution in [0.3, 0.4) is 0 Å². The van der Waals surface area contributed by atoms with Crippen LogP contribution in [0.25, 0.3) is 121 Å². The Kier molecular flexibility index (Phi) is 11.0. The Hall–Kier alpha value is -8.79. The molecule has 338 valence electrons. The summed E-state index contributed by atoms with van der Waals surface area (Å²) in [5.41, 5.74) is 16.1. The molecule has 0 aromatic heterocycles. The lowest BCUT2D eigenvalue weighted by Gasteiger charge is -2.26. The summed E-state index contributed by atoms with van der Waals surface area (Å²) in [6, 6.07) is 86.7. The third-order valence-electron chi connectivity index (χ3n) is 13.9. The van der Waals surface area contributed by atoms with Gasteiger partial charge in [0.1, 0.15) is 0 Å².